The molecule has 1 aliphatic carbocycles. The summed E-state index contributed by atoms with van der Waals surface area (Å²) in [7, 11) is 0. The van der Waals surface area contributed by atoms with Gasteiger partial charge in [-0.15, -0.1) is 0 Å². The summed E-state index contributed by atoms with van der Waals surface area (Å²) >= 11 is 0. The first-order valence-corrected chi connectivity index (χ1v) is 13.3. The number of hydrogen-bond donors (Lipinski definition) is 0. The molecule has 2 heterocycles. The smallest absolute Gasteiger partial charge is 0.133 e. The highest BCUT2D eigenvalue weighted by atomic mass is 19.1. The number of alkyl halides is 1. The zero-order valence-electron chi connectivity index (χ0n) is 21.3. The molecule has 0 N–H and O–H groups in total. The minimum atomic E-state index is -0.976. The number of aromatic nitrogens is 1. The van der Waals surface area contributed by atoms with E-state index in [1.807, 2.05) is 13.0 Å². The Morgan fingerprint density at radius 2 is 1.91 bits per heavy atom. The van der Waals surface area contributed by atoms with E-state index in [2.05, 4.69) is 42.7 Å². The van der Waals surface area contributed by atoms with E-state index in [4.69, 9.17) is 4.98 Å². The molecular formula is C30H45FN2. The second-order valence-electron chi connectivity index (χ2n) is 10.4. The van der Waals surface area contributed by atoms with Crippen molar-refractivity contribution in [2.45, 2.75) is 97.1 Å². The lowest BCUT2D eigenvalue weighted by molar-refractivity contribution is -0.0178. The zero-order chi connectivity index (χ0) is 23.7. The van der Waals surface area contributed by atoms with E-state index < -0.39 is 5.67 Å². The number of hydrogen-bond acceptors (Lipinski definition) is 2. The number of halogens is 1. The van der Waals surface area contributed by atoms with Gasteiger partial charge in [0.2, 0.25) is 0 Å². The van der Waals surface area contributed by atoms with E-state index in [-0.39, 0.29) is 0 Å². The minimum absolute atomic E-state index is 0.586. The van der Waals surface area contributed by atoms with E-state index in [0.29, 0.717) is 13.1 Å². The minimum Gasteiger partial charge on any atom is -0.297 e. The molecule has 1 aromatic rings. The molecule has 0 bridgehead atoms. The van der Waals surface area contributed by atoms with Gasteiger partial charge in [-0.05, 0) is 88.5 Å². The molecule has 33 heavy (non-hydrogen) atoms. The van der Waals surface area contributed by atoms with Gasteiger partial charge in [0.05, 0.1) is 5.69 Å². The van der Waals surface area contributed by atoms with Crippen LogP contribution in [0, 0.1) is 5.92 Å². The number of nitrogens with zero attached hydrogens (tertiary/aromatic N) is 2. The maximum atomic E-state index is 13.8. The SMILES string of the molecule is C=Cc1c(/C=C\C)nc(CC)c(C/C=C/CCC2CCCC2)c1CCCCN1CC(C)(F)C1. The van der Waals surface area contributed by atoms with E-state index in [0.717, 1.165) is 50.3 Å². The molecule has 1 aromatic heterocycles. The number of allylic oxidation sites excluding steroid dienone is 3. The van der Waals surface area contributed by atoms with Crippen LogP contribution in [-0.2, 0) is 19.3 Å². The van der Waals surface area contributed by atoms with Gasteiger partial charge in [-0.2, -0.15) is 0 Å². The van der Waals surface area contributed by atoms with Crippen molar-refractivity contribution in [2.24, 2.45) is 5.92 Å². The van der Waals surface area contributed by atoms with Crippen molar-refractivity contribution in [1.82, 2.24) is 9.88 Å². The number of likely N-dealkylation sites (tertiary alicyclic amines) is 1. The largest absolute Gasteiger partial charge is 0.297 e. The van der Waals surface area contributed by atoms with Crippen LogP contribution in [0.5, 0.6) is 0 Å². The Morgan fingerprint density at radius 3 is 2.55 bits per heavy atom. The highest BCUT2D eigenvalue weighted by molar-refractivity contribution is 5.66. The van der Waals surface area contributed by atoms with Crippen LogP contribution in [0.15, 0.2) is 24.8 Å². The molecule has 0 atom stereocenters. The molecule has 0 aromatic carbocycles. The fraction of sp³-hybridized carbons (Fsp3) is 0.633. The normalized spacial score (nSPS) is 19.0. The Labute approximate surface area is 202 Å². The molecule has 1 saturated heterocycles. The predicted octanol–water partition coefficient (Wildman–Crippen LogP) is 7.76. The summed E-state index contributed by atoms with van der Waals surface area (Å²) in [5.41, 5.74) is 5.31. The van der Waals surface area contributed by atoms with Gasteiger partial charge in [0.15, 0.2) is 0 Å². The quantitative estimate of drug-likeness (QED) is 0.225. The molecule has 3 heteroatoms. The molecule has 0 amide bonds. The predicted molar refractivity (Wildman–Crippen MR) is 141 cm³/mol. The lowest BCUT2D eigenvalue weighted by Crippen LogP contribution is -2.57. The van der Waals surface area contributed by atoms with Gasteiger partial charge in [-0.3, -0.25) is 9.88 Å². The third kappa shape index (κ3) is 7.37. The van der Waals surface area contributed by atoms with Gasteiger partial charge in [0, 0.05) is 24.3 Å². The molecule has 0 unspecified atom stereocenters. The van der Waals surface area contributed by atoms with Crippen LogP contribution in [0.3, 0.4) is 0 Å². The lowest BCUT2D eigenvalue weighted by Gasteiger charge is -2.42. The van der Waals surface area contributed by atoms with Gasteiger partial charge in [-0.1, -0.05) is 63.5 Å². The van der Waals surface area contributed by atoms with Crippen molar-refractivity contribution in [3.63, 3.8) is 0 Å². The van der Waals surface area contributed by atoms with E-state index in [1.165, 1.54) is 60.9 Å². The standard InChI is InChI=1S/C30H45FN2/c1-5-15-29-25(6-2)26(19-13-14-21-33-22-30(4,31)23-33)27(28(7-3)32-29)20-10-8-9-16-24-17-11-12-18-24/h5-6,8,10,15,24H,2,7,9,11-14,16-23H2,1,3-4H3/b10-8+,15-5-. The summed E-state index contributed by atoms with van der Waals surface area (Å²) < 4.78 is 13.8. The van der Waals surface area contributed by atoms with E-state index in [9.17, 15) is 4.39 Å². The summed E-state index contributed by atoms with van der Waals surface area (Å²) in [6, 6.07) is 0. The first-order valence-electron chi connectivity index (χ1n) is 13.3. The van der Waals surface area contributed by atoms with Crippen molar-refractivity contribution >= 4 is 12.2 Å². The average molecular weight is 453 g/mol. The van der Waals surface area contributed by atoms with Crippen molar-refractivity contribution in [3.8, 4) is 0 Å². The second kappa shape index (κ2) is 12.6. The summed E-state index contributed by atoms with van der Waals surface area (Å²) in [5, 5.41) is 0. The molecule has 2 aliphatic rings. The Bertz CT molecular complexity index is 822. The van der Waals surface area contributed by atoms with Crippen LogP contribution < -0.4 is 0 Å². The maximum absolute atomic E-state index is 13.8. The summed E-state index contributed by atoms with van der Waals surface area (Å²) in [4.78, 5) is 7.26. The topological polar surface area (TPSA) is 16.1 Å². The van der Waals surface area contributed by atoms with E-state index in [1.54, 1.807) is 6.92 Å². The third-order valence-corrected chi connectivity index (χ3v) is 7.40. The highest BCUT2D eigenvalue weighted by Crippen LogP contribution is 2.30. The second-order valence-corrected chi connectivity index (χ2v) is 10.4. The van der Waals surface area contributed by atoms with Crippen LogP contribution in [0.1, 0.15) is 100 Å². The summed E-state index contributed by atoms with van der Waals surface area (Å²) in [6.07, 6.45) is 24.4. The Hall–Kier alpha value is -1.74. The zero-order valence-corrected chi connectivity index (χ0v) is 21.3. The molecule has 1 aliphatic heterocycles. The van der Waals surface area contributed by atoms with Crippen LogP contribution in [0.2, 0.25) is 0 Å². The molecule has 0 radical (unpaired) electrons. The molecule has 182 valence electrons. The fourth-order valence-electron chi connectivity index (χ4n) is 5.73. The first-order chi connectivity index (χ1) is 16.0. The Balaban J connectivity index is 1.69. The number of pyridine rings is 1. The lowest BCUT2D eigenvalue weighted by atomic mass is 9.90. The number of unbranched alkanes of at least 4 members (excludes halogenated alkanes) is 1. The number of rotatable bonds is 13. The third-order valence-electron chi connectivity index (χ3n) is 7.40. The van der Waals surface area contributed by atoms with Crippen LogP contribution in [0.25, 0.3) is 12.2 Å². The fourth-order valence-corrected chi connectivity index (χ4v) is 5.73. The van der Waals surface area contributed by atoms with Crippen LogP contribution >= 0.6 is 0 Å². The summed E-state index contributed by atoms with van der Waals surface area (Å²) in [5.74, 6) is 0.951. The van der Waals surface area contributed by atoms with Crippen LogP contribution in [0.4, 0.5) is 4.39 Å². The van der Waals surface area contributed by atoms with Crippen LogP contribution in [-0.4, -0.2) is 35.2 Å². The monoisotopic (exact) mass is 452 g/mol. The Morgan fingerprint density at radius 1 is 1.15 bits per heavy atom. The summed E-state index contributed by atoms with van der Waals surface area (Å²) in [6.45, 7) is 12.3. The first kappa shape index (κ1) is 25.9. The van der Waals surface area contributed by atoms with Gasteiger partial charge in [-0.25, -0.2) is 4.39 Å². The highest BCUT2D eigenvalue weighted by Gasteiger charge is 2.37. The molecule has 0 spiro atoms. The molecule has 2 fully saturated rings. The van der Waals surface area contributed by atoms with Crippen molar-refractivity contribution in [2.75, 3.05) is 19.6 Å². The van der Waals surface area contributed by atoms with Gasteiger partial charge >= 0.3 is 0 Å². The maximum Gasteiger partial charge on any atom is 0.133 e. The van der Waals surface area contributed by atoms with Gasteiger partial charge < -0.3 is 0 Å². The van der Waals surface area contributed by atoms with Crippen molar-refractivity contribution < 1.29 is 4.39 Å². The Kier molecular flexibility index (Phi) is 9.92. The molecule has 2 nitrogen and oxygen atoms in total. The van der Waals surface area contributed by atoms with Gasteiger partial charge in [0.1, 0.15) is 5.67 Å². The van der Waals surface area contributed by atoms with Crippen molar-refractivity contribution in [3.05, 3.63) is 52.9 Å². The molecule has 3 rings (SSSR count). The molecular weight excluding hydrogens is 407 g/mol. The van der Waals surface area contributed by atoms with Crippen molar-refractivity contribution in [1.29, 1.82) is 0 Å². The van der Waals surface area contributed by atoms with E-state index >= 15 is 0 Å². The van der Waals surface area contributed by atoms with Gasteiger partial charge in [0.25, 0.3) is 0 Å². The molecule has 1 saturated carbocycles. The number of aryl methyl sites for hydroxylation is 1. The average Bonchev–Trinajstić information content (AvgIpc) is 3.29.